The van der Waals surface area contributed by atoms with Gasteiger partial charge in [-0.2, -0.15) is 0 Å². The van der Waals surface area contributed by atoms with Crippen molar-refractivity contribution in [3.05, 3.63) is 72.2 Å². The largest absolute Gasteiger partial charge is 0.454 e. The minimum atomic E-state index is -1.56. The summed E-state index contributed by atoms with van der Waals surface area (Å²) in [5.41, 5.74) is 0.966. The number of fused-ring (bicyclic) bond motifs is 1. The van der Waals surface area contributed by atoms with Crippen molar-refractivity contribution in [3.63, 3.8) is 0 Å². The number of ether oxygens (including phenoxy) is 1. The second-order valence-corrected chi connectivity index (χ2v) is 8.08. The van der Waals surface area contributed by atoms with Gasteiger partial charge in [-0.05, 0) is 37.3 Å². The number of hydrogen-bond donors (Lipinski definition) is 2. The Labute approximate surface area is 198 Å². The lowest BCUT2D eigenvalue weighted by atomic mass is 10.2. The average Bonchev–Trinajstić information content (AvgIpc) is 3.27. The molecule has 2 aromatic heterocycles. The highest BCUT2D eigenvalue weighted by molar-refractivity contribution is 6.01. The van der Waals surface area contributed by atoms with Crippen LogP contribution in [0.5, 0.6) is 11.5 Å². The number of carbonyl (C=O) groups is 1. The monoisotopic (exact) mass is 482 g/mol. The summed E-state index contributed by atoms with van der Waals surface area (Å²) in [5.74, 6) is -2.32. The highest BCUT2D eigenvalue weighted by Crippen LogP contribution is 2.29. The third-order valence-corrected chi connectivity index (χ3v) is 5.82. The van der Waals surface area contributed by atoms with E-state index in [2.05, 4.69) is 25.2 Å². The highest BCUT2D eigenvalue weighted by Gasteiger charge is 2.23. The first-order valence-corrected chi connectivity index (χ1v) is 10.9. The van der Waals surface area contributed by atoms with Gasteiger partial charge < -0.3 is 24.8 Å². The molecule has 2 N–H and O–H groups in total. The molecule has 0 spiro atoms. The molecule has 0 atom stereocenters. The average molecular weight is 482 g/mol. The maximum Gasteiger partial charge on any atom is 0.322 e. The molecule has 0 unspecified atom stereocenters. The van der Waals surface area contributed by atoms with Gasteiger partial charge in [-0.3, -0.25) is 0 Å². The molecule has 2 amide bonds. The van der Waals surface area contributed by atoms with E-state index < -0.39 is 23.5 Å². The fourth-order valence-electron chi connectivity index (χ4n) is 3.93. The summed E-state index contributed by atoms with van der Waals surface area (Å²) in [6, 6.07) is 8.04. The molecular weight excluding hydrogens is 461 g/mol. The van der Waals surface area contributed by atoms with Crippen molar-refractivity contribution in [2.75, 3.05) is 36.4 Å². The smallest absolute Gasteiger partial charge is 0.322 e. The summed E-state index contributed by atoms with van der Waals surface area (Å²) in [6.45, 7) is 3.90. The van der Waals surface area contributed by atoms with Crippen LogP contribution in [-0.2, 0) is 0 Å². The van der Waals surface area contributed by atoms with Crippen LogP contribution in [0, 0.1) is 24.4 Å². The number of aromatic amines is 1. The number of halogens is 3. The first-order chi connectivity index (χ1) is 16.9. The number of H-pyrrole nitrogens is 1. The molecule has 8 nitrogen and oxygen atoms in total. The van der Waals surface area contributed by atoms with Crippen LogP contribution in [-0.4, -0.2) is 52.1 Å². The number of anilines is 2. The zero-order chi connectivity index (χ0) is 24.5. The molecule has 1 aliphatic heterocycles. The topological polar surface area (TPSA) is 86.4 Å². The Bertz CT molecular complexity index is 1370. The lowest BCUT2D eigenvalue weighted by molar-refractivity contribution is 0.208. The van der Waals surface area contributed by atoms with Crippen LogP contribution in [0.4, 0.5) is 29.3 Å². The van der Waals surface area contributed by atoms with Crippen molar-refractivity contribution in [1.29, 1.82) is 0 Å². The molecule has 1 fully saturated rings. The molecule has 0 radical (unpaired) electrons. The van der Waals surface area contributed by atoms with E-state index in [0.29, 0.717) is 43.5 Å². The Morgan fingerprint density at radius 1 is 1.00 bits per heavy atom. The van der Waals surface area contributed by atoms with Crippen molar-refractivity contribution < 1.29 is 22.7 Å². The van der Waals surface area contributed by atoms with Gasteiger partial charge in [0.15, 0.2) is 23.2 Å². The normalized spacial score (nSPS) is 13.8. The van der Waals surface area contributed by atoms with Gasteiger partial charge in [0, 0.05) is 43.4 Å². The molecule has 4 aromatic rings. The van der Waals surface area contributed by atoms with Crippen LogP contribution in [0.25, 0.3) is 10.9 Å². The van der Waals surface area contributed by atoms with Crippen LogP contribution in [0.1, 0.15) is 5.82 Å². The molecule has 5 rings (SSSR count). The van der Waals surface area contributed by atoms with Gasteiger partial charge in [-0.1, -0.05) is 0 Å². The predicted octanol–water partition coefficient (Wildman–Crippen LogP) is 4.83. The number of piperazine rings is 1. The maximum atomic E-state index is 13.9. The van der Waals surface area contributed by atoms with E-state index in [9.17, 15) is 18.0 Å². The Balaban J connectivity index is 1.18. The fourth-order valence-corrected chi connectivity index (χ4v) is 3.93. The van der Waals surface area contributed by atoms with E-state index in [-0.39, 0.29) is 16.6 Å². The van der Waals surface area contributed by atoms with Crippen LogP contribution >= 0.6 is 0 Å². The number of rotatable bonds is 4. The van der Waals surface area contributed by atoms with Gasteiger partial charge in [-0.15, -0.1) is 0 Å². The molecule has 1 saturated heterocycles. The van der Waals surface area contributed by atoms with Gasteiger partial charge in [-0.25, -0.2) is 27.9 Å². The van der Waals surface area contributed by atoms with E-state index >= 15 is 0 Å². The van der Waals surface area contributed by atoms with E-state index in [1.165, 1.54) is 6.20 Å². The second kappa shape index (κ2) is 9.16. The van der Waals surface area contributed by atoms with Crippen molar-refractivity contribution in [2.45, 2.75) is 6.92 Å². The number of carbonyl (C=O) groups excluding carboxylic acids is 1. The maximum absolute atomic E-state index is 13.9. The van der Waals surface area contributed by atoms with Crippen molar-refractivity contribution in [2.24, 2.45) is 0 Å². The number of amides is 2. The molecule has 35 heavy (non-hydrogen) atoms. The summed E-state index contributed by atoms with van der Waals surface area (Å²) in [7, 11) is 0. The van der Waals surface area contributed by atoms with Crippen LogP contribution in [0.3, 0.4) is 0 Å². The van der Waals surface area contributed by atoms with E-state index in [0.717, 1.165) is 11.8 Å². The minimum absolute atomic E-state index is 0.0629. The zero-order valence-corrected chi connectivity index (χ0v) is 18.7. The van der Waals surface area contributed by atoms with E-state index in [4.69, 9.17) is 4.74 Å². The van der Waals surface area contributed by atoms with Crippen molar-refractivity contribution >= 4 is 28.3 Å². The number of nitrogens with one attached hydrogen (secondary N) is 2. The Hall–Kier alpha value is -4.28. The minimum Gasteiger partial charge on any atom is -0.454 e. The van der Waals surface area contributed by atoms with Gasteiger partial charge in [0.05, 0.1) is 23.6 Å². The first kappa shape index (κ1) is 22.5. The summed E-state index contributed by atoms with van der Waals surface area (Å²) < 4.78 is 46.8. The van der Waals surface area contributed by atoms with E-state index in [1.54, 1.807) is 24.2 Å². The van der Waals surface area contributed by atoms with Crippen molar-refractivity contribution in [1.82, 2.24) is 19.9 Å². The molecular formula is C24H21F3N6O2. The molecule has 0 bridgehead atoms. The number of urea groups is 1. The number of benzene rings is 2. The quantitative estimate of drug-likeness (QED) is 0.407. The standard InChI is InChI=1S/C24H21F3N6O2/c1-14-28-11-17(12-29-14)35-16-4-2-15(3-5-16)32-6-8-33(9-7-32)24(34)31-20-13-30-23-18(20)10-19(25)21(26)22(23)27/h2-5,10-13,30H,6-9H2,1H3,(H,31,34). The van der Waals surface area contributed by atoms with Crippen LogP contribution in [0.2, 0.25) is 0 Å². The number of aromatic nitrogens is 3. The van der Waals surface area contributed by atoms with E-state index in [1.807, 2.05) is 24.3 Å². The number of nitrogens with zero attached hydrogens (tertiary/aromatic N) is 4. The lowest BCUT2D eigenvalue weighted by Crippen LogP contribution is -2.50. The van der Waals surface area contributed by atoms with Gasteiger partial charge in [0.2, 0.25) is 0 Å². The predicted molar refractivity (Wildman–Crippen MR) is 124 cm³/mol. The highest BCUT2D eigenvalue weighted by atomic mass is 19.2. The Morgan fingerprint density at radius 3 is 2.37 bits per heavy atom. The molecule has 180 valence electrons. The van der Waals surface area contributed by atoms with Crippen LogP contribution in [0.15, 0.2) is 48.9 Å². The molecule has 11 heteroatoms. The van der Waals surface area contributed by atoms with Crippen LogP contribution < -0.4 is 15.0 Å². The lowest BCUT2D eigenvalue weighted by Gasteiger charge is -2.36. The summed E-state index contributed by atoms with van der Waals surface area (Å²) in [4.78, 5) is 27.2. The third kappa shape index (κ3) is 4.57. The molecule has 0 aliphatic carbocycles. The molecule has 0 saturated carbocycles. The summed E-state index contributed by atoms with van der Waals surface area (Å²) >= 11 is 0. The summed E-state index contributed by atoms with van der Waals surface area (Å²) in [5, 5.41) is 2.71. The number of hydrogen-bond acceptors (Lipinski definition) is 5. The fraction of sp³-hybridized carbons (Fsp3) is 0.208. The molecule has 1 aliphatic rings. The van der Waals surface area contributed by atoms with Gasteiger partial charge in [0.25, 0.3) is 0 Å². The van der Waals surface area contributed by atoms with Crippen molar-refractivity contribution in [3.8, 4) is 11.5 Å². The first-order valence-electron chi connectivity index (χ1n) is 10.9. The number of aryl methyl sites for hydroxylation is 1. The Morgan fingerprint density at radius 2 is 1.69 bits per heavy atom. The second-order valence-electron chi connectivity index (χ2n) is 8.08. The third-order valence-electron chi connectivity index (χ3n) is 5.82. The SMILES string of the molecule is Cc1ncc(Oc2ccc(N3CCN(C(=O)Nc4c[nH]c5c(F)c(F)c(F)cc45)CC3)cc2)cn1. The zero-order valence-electron chi connectivity index (χ0n) is 18.7. The Kier molecular flexibility index (Phi) is 5.89. The molecule has 2 aromatic carbocycles. The van der Waals surface area contributed by atoms with Gasteiger partial charge in [0.1, 0.15) is 11.6 Å². The molecule has 3 heterocycles. The van der Waals surface area contributed by atoms with Gasteiger partial charge >= 0.3 is 6.03 Å². The summed E-state index contributed by atoms with van der Waals surface area (Å²) in [6.07, 6.45) is 4.54.